The van der Waals surface area contributed by atoms with Crippen LogP contribution in [0.1, 0.15) is 29.9 Å². The van der Waals surface area contributed by atoms with E-state index in [9.17, 15) is 13.2 Å². The van der Waals surface area contributed by atoms with Gasteiger partial charge in [0.25, 0.3) is 0 Å². The van der Waals surface area contributed by atoms with Crippen LogP contribution in [0.5, 0.6) is 0 Å². The van der Waals surface area contributed by atoms with Crippen molar-refractivity contribution in [3.05, 3.63) is 59.6 Å². The number of halogens is 3. The van der Waals surface area contributed by atoms with Crippen LogP contribution in [0.3, 0.4) is 0 Å². The largest absolute Gasteiger partial charge is 0.461 e. The number of benzene rings is 1. The summed E-state index contributed by atoms with van der Waals surface area (Å²) < 4.78 is 43.9. The highest BCUT2D eigenvalue weighted by Gasteiger charge is 2.30. The van der Waals surface area contributed by atoms with Crippen molar-refractivity contribution in [2.45, 2.75) is 25.7 Å². The first-order chi connectivity index (χ1) is 13.4. The number of nitrogens with one attached hydrogen (secondary N) is 3. The van der Waals surface area contributed by atoms with E-state index in [0.29, 0.717) is 35.5 Å². The lowest BCUT2D eigenvalue weighted by atomic mass is 10.1. The summed E-state index contributed by atoms with van der Waals surface area (Å²) >= 11 is 0. The second-order valence-electron chi connectivity index (χ2n) is 6.00. The van der Waals surface area contributed by atoms with Crippen molar-refractivity contribution in [1.82, 2.24) is 25.8 Å². The number of aromatic amines is 1. The fourth-order valence-corrected chi connectivity index (χ4v) is 2.53. The summed E-state index contributed by atoms with van der Waals surface area (Å²) in [6.07, 6.45) is -2.85. The molecular weight excluding hydrogens is 373 g/mol. The molecule has 0 aliphatic rings. The van der Waals surface area contributed by atoms with Crippen LogP contribution in [0.25, 0.3) is 11.6 Å². The van der Waals surface area contributed by atoms with Gasteiger partial charge in [0.1, 0.15) is 5.82 Å². The second-order valence-corrected chi connectivity index (χ2v) is 6.00. The van der Waals surface area contributed by atoms with Gasteiger partial charge in [-0.05, 0) is 36.8 Å². The number of H-pyrrole nitrogens is 1. The molecule has 0 bridgehead atoms. The average molecular weight is 392 g/mol. The van der Waals surface area contributed by atoms with Gasteiger partial charge in [-0.25, -0.2) is 4.98 Å². The normalized spacial score (nSPS) is 13.4. The third kappa shape index (κ3) is 4.70. The maximum atomic E-state index is 12.9. The third-order valence-corrected chi connectivity index (χ3v) is 3.99. The van der Waals surface area contributed by atoms with Crippen molar-refractivity contribution in [3.8, 4) is 11.6 Å². The van der Waals surface area contributed by atoms with Gasteiger partial charge < -0.3 is 15.1 Å². The first kappa shape index (κ1) is 19.5. The molecule has 0 aliphatic carbocycles. The minimum absolute atomic E-state index is 0.294. The molecule has 7 nitrogen and oxygen atoms in total. The Morgan fingerprint density at radius 1 is 1.29 bits per heavy atom. The van der Waals surface area contributed by atoms with E-state index < -0.39 is 11.7 Å². The Hall–Kier alpha value is -3.30. The van der Waals surface area contributed by atoms with Crippen molar-refractivity contribution in [1.29, 1.82) is 0 Å². The van der Waals surface area contributed by atoms with Crippen molar-refractivity contribution < 1.29 is 17.6 Å². The van der Waals surface area contributed by atoms with Gasteiger partial charge in [-0.15, -0.1) is 5.10 Å². The van der Waals surface area contributed by atoms with Crippen LogP contribution in [-0.4, -0.2) is 28.2 Å². The minimum Gasteiger partial charge on any atom is -0.461 e. The molecule has 2 aromatic heterocycles. The Kier molecular flexibility index (Phi) is 5.67. The van der Waals surface area contributed by atoms with Gasteiger partial charge in [-0.2, -0.15) is 13.2 Å². The Balaban J connectivity index is 1.60. The Morgan fingerprint density at radius 3 is 2.79 bits per heavy atom. The number of hydrogen-bond acceptors (Lipinski definition) is 4. The smallest absolute Gasteiger partial charge is 0.416 e. The SMILES string of the molecule is CN=C(NCc1nc(-c2ccco2)n[nH]1)NC(C)c1cccc(C(F)(F)F)c1. The van der Waals surface area contributed by atoms with E-state index in [0.717, 1.165) is 12.1 Å². The van der Waals surface area contributed by atoms with Crippen molar-refractivity contribution in [2.24, 2.45) is 4.99 Å². The zero-order chi connectivity index (χ0) is 20.1. The molecule has 3 N–H and O–H groups in total. The van der Waals surface area contributed by atoms with E-state index in [-0.39, 0.29) is 6.04 Å². The molecule has 0 saturated heterocycles. The van der Waals surface area contributed by atoms with Crippen molar-refractivity contribution >= 4 is 5.96 Å². The monoisotopic (exact) mass is 392 g/mol. The van der Waals surface area contributed by atoms with E-state index in [1.54, 1.807) is 32.2 Å². The fourth-order valence-electron chi connectivity index (χ4n) is 2.53. The highest BCUT2D eigenvalue weighted by molar-refractivity contribution is 5.80. The van der Waals surface area contributed by atoms with Crippen LogP contribution < -0.4 is 10.6 Å². The van der Waals surface area contributed by atoms with Crippen LogP contribution in [0.4, 0.5) is 13.2 Å². The summed E-state index contributed by atoms with van der Waals surface area (Å²) in [6.45, 7) is 2.05. The van der Waals surface area contributed by atoms with E-state index in [1.165, 1.54) is 12.3 Å². The third-order valence-electron chi connectivity index (χ3n) is 3.99. The molecule has 28 heavy (non-hydrogen) atoms. The van der Waals surface area contributed by atoms with Gasteiger partial charge in [-0.1, -0.05) is 12.1 Å². The van der Waals surface area contributed by atoms with E-state index in [4.69, 9.17) is 4.42 Å². The molecular formula is C18H19F3N6O. The topological polar surface area (TPSA) is 91.1 Å². The summed E-state index contributed by atoms with van der Waals surface area (Å²) in [6, 6.07) is 8.29. The van der Waals surface area contributed by atoms with Gasteiger partial charge >= 0.3 is 6.18 Å². The quantitative estimate of drug-likeness (QED) is 0.457. The maximum Gasteiger partial charge on any atom is 0.416 e. The standard InChI is InChI=1S/C18H19F3N6O/c1-11(12-5-3-6-13(9-12)18(19,20)21)24-17(22-2)23-10-15-25-16(27-26-15)14-7-4-8-28-14/h3-9,11H,10H2,1-2H3,(H2,22,23,24)(H,25,26,27). The lowest BCUT2D eigenvalue weighted by Crippen LogP contribution is -2.38. The van der Waals surface area contributed by atoms with Gasteiger partial charge in [0.15, 0.2) is 11.7 Å². The molecule has 1 aromatic carbocycles. The van der Waals surface area contributed by atoms with Gasteiger partial charge in [0.05, 0.1) is 24.4 Å². The highest BCUT2D eigenvalue weighted by atomic mass is 19.4. The predicted octanol–water partition coefficient (Wildman–Crippen LogP) is 3.51. The molecule has 1 unspecified atom stereocenters. The number of furan rings is 1. The number of guanidine groups is 1. The Morgan fingerprint density at radius 2 is 2.11 bits per heavy atom. The van der Waals surface area contributed by atoms with Crippen molar-refractivity contribution in [3.63, 3.8) is 0 Å². The van der Waals surface area contributed by atoms with Gasteiger partial charge in [-0.3, -0.25) is 10.1 Å². The first-order valence-corrected chi connectivity index (χ1v) is 8.46. The van der Waals surface area contributed by atoms with Crippen LogP contribution >= 0.6 is 0 Å². The number of alkyl halides is 3. The van der Waals surface area contributed by atoms with Crippen LogP contribution in [-0.2, 0) is 12.7 Å². The molecule has 10 heteroatoms. The molecule has 2 heterocycles. The summed E-state index contributed by atoms with van der Waals surface area (Å²) in [5.41, 5.74) is -0.189. The molecule has 148 valence electrons. The molecule has 0 fully saturated rings. The number of hydrogen-bond donors (Lipinski definition) is 3. The molecule has 0 saturated carbocycles. The van der Waals surface area contributed by atoms with Gasteiger partial charge in [0.2, 0.25) is 5.82 Å². The van der Waals surface area contributed by atoms with Crippen molar-refractivity contribution in [2.75, 3.05) is 7.05 Å². The number of nitrogens with zero attached hydrogens (tertiary/aromatic N) is 3. The molecule has 0 spiro atoms. The molecule has 3 rings (SSSR count). The fraction of sp³-hybridized carbons (Fsp3) is 0.278. The number of aliphatic imine (C=N–C) groups is 1. The highest BCUT2D eigenvalue weighted by Crippen LogP contribution is 2.30. The lowest BCUT2D eigenvalue weighted by molar-refractivity contribution is -0.137. The summed E-state index contributed by atoms with van der Waals surface area (Å²) in [5.74, 6) is 1.95. The molecule has 0 radical (unpaired) electrons. The maximum absolute atomic E-state index is 12.9. The minimum atomic E-state index is -4.38. The zero-order valence-corrected chi connectivity index (χ0v) is 15.2. The first-order valence-electron chi connectivity index (χ1n) is 8.46. The summed E-state index contributed by atoms with van der Waals surface area (Å²) in [5, 5.41) is 13.0. The summed E-state index contributed by atoms with van der Waals surface area (Å²) in [4.78, 5) is 8.39. The average Bonchev–Trinajstić information content (AvgIpc) is 3.35. The van der Waals surface area contributed by atoms with Crippen LogP contribution in [0, 0.1) is 0 Å². The lowest BCUT2D eigenvalue weighted by Gasteiger charge is -2.19. The van der Waals surface area contributed by atoms with Gasteiger partial charge in [0, 0.05) is 7.05 Å². The summed E-state index contributed by atoms with van der Waals surface area (Å²) in [7, 11) is 1.57. The Labute approximate surface area is 159 Å². The zero-order valence-electron chi connectivity index (χ0n) is 15.2. The predicted molar refractivity (Wildman–Crippen MR) is 97.3 cm³/mol. The number of aromatic nitrogens is 3. The van der Waals surface area contributed by atoms with Crippen LogP contribution in [0.15, 0.2) is 52.1 Å². The molecule has 0 aliphatic heterocycles. The Bertz CT molecular complexity index is 933. The molecule has 3 aromatic rings. The van der Waals surface area contributed by atoms with E-state index in [2.05, 4.69) is 30.8 Å². The molecule has 0 amide bonds. The number of rotatable bonds is 5. The van der Waals surface area contributed by atoms with Crippen LogP contribution in [0.2, 0.25) is 0 Å². The van der Waals surface area contributed by atoms with E-state index >= 15 is 0 Å². The second kappa shape index (κ2) is 8.15. The molecule has 1 atom stereocenters. The van der Waals surface area contributed by atoms with E-state index in [1.807, 2.05) is 0 Å².